The molecule has 168 valence electrons. The molecule has 31 heavy (non-hydrogen) atoms. The fraction of sp³-hybridized carbons (Fsp3) is 0.680. The number of quaternary nitrogens is 1. The Balaban J connectivity index is 1.15. The van der Waals surface area contributed by atoms with Gasteiger partial charge in [0.1, 0.15) is 0 Å². The Morgan fingerprint density at radius 1 is 1.06 bits per heavy atom. The number of aryl methyl sites for hydroxylation is 1. The molecule has 0 aromatic heterocycles. The Labute approximate surface area is 185 Å². The lowest BCUT2D eigenvalue weighted by Crippen LogP contribution is -3.12. The zero-order valence-corrected chi connectivity index (χ0v) is 19.0. The van der Waals surface area contributed by atoms with Crippen LogP contribution in [-0.4, -0.2) is 51.6 Å². The molecule has 1 aromatic carbocycles. The summed E-state index contributed by atoms with van der Waals surface area (Å²) in [6.07, 6.45) is 7.04. The number of likely N-dealkylation sites (N-methyl/N-ethyl adjacent to an activating group) is 1. The highest BCUT2D eigenvalue weighted by Crippen LogP contribution is 2.60. The molecule has 4 saturated carbocycles. The lowest BCUT2D eigenvalue weighted by atomic mass is 9.49. The maximum absolute atomic E-state index is 13.1. The van der Waals surface area contributed by atoms with Crippen molar-refractivity contribution in [1.29, 1.82) is 0 Å². The number of carbonyl (C=O) groups is 2. The summed E-state index contributed by atoms with van der Waals surface area (Å²) in [4.78, 5) is 29.6. The second-order valence-corrected chi connectivity index (χ2v) is 10.9. The Bertz CT molecular complexity index is 824. The number of nitrogens with zero attached hydrogens (tertiary/aromatic N) is 1. The van der Waals surface area contributed by atoms with Crippen molar-refractivity contribution in [3.05, 3.63) is 23.8 Å². The van der Waals surface area contributed by atoms with Gasteiger partial charge in [-0.05, 0) is 87.0 Å². The van der Waals surface area contributed by atoms with Crippen molar-refractivity contribution in [2.45, 2.75) is 45.4 Å². The average molecular weight is 426 g/mol. The highest BCUT2D eigenvalue weighted by atomic mass is 16.2. The highest BCUT2D eigenvalue weighted by Gasteiger charge is 2.54. The van der Waals surface area contributed by atoms with E-state index < -0.39 is 0 Å². The number of hydrogen-bond acceptors (Lipinski definition) is 3. The molecule has 6 heteroatoms. The first-order valence-electron chi connectivity index (χ1n) is 12.2. The maximum atomic E-state index is 13.1. The van der Waals surface area contributed by atoms with Crippen LogP contribution in [0.2, 0.25) is 0 Å². The van der Waals surface area contributed by atoms with Crippen LogP contribution in [0, 0.1) is 30.1 Å². The fourth-order valence-electron chi connectivity index (χ4n) is 7.06. The molecule has 6 nitrogen and oxygen atoms in total. The quantitative estimate of drug-likeness (QED) is 0.671. The van der Waals surface area contributed by atoms with E-state index in [1.54, 1.807) is 4.90 Å². The monoisotopic (exact) mass is 425 g/mol. The first-order chi connectivity index (χ1) is 14.9. The molecule has 6 rings (SSSR count). The second kappa shape index (κ2) is 8.12. The molecule has 1 aliphatic heterocycles. The van der Waals surface area contributed by atoms with Crippen molar-refractivity contribution in [1.82, 2.24) is 5.32 Å². The van der Waals surface area contributed by atoms with E-state index in [9.17, 15) is 9.59 Å². The van der Waals surface area contributed by atoms with E-state index in [2.05, 4.69) is 34.7 Å². The Kier molecular flexibility index (Phi) is 5.45. The Morgan fingerprint density at radius 2 is 1.68 bits per heavy atom. The van der Waals surface area contributed by atoms with Gasteiger partial charge < -0.3 is 20.4 Å². The van der Waals surface area contributed by atoms with Crippen LogP contribution in [0.3, 0.4) is 0 Å². The van der Waals surface area contributed by atoms with Crippen LogP contribution in [0.4, 0.5) is 11.4 Å². The van der Waals surface area contributed by atoms with Gasteiger partial charge in [0.25, 0.3) is 0 Å². The molecule has 1 aromatic rings. The van der Waals surface area contributed by atoms with Gasteiger partial charge in [0, 0.05) is 16.8 Å². The molecule has 1 saturated heterocycles. The van der Waals surface area contributed by atoms with Gasteiger partial charge in [-0.1, -0.05) is 0 Å². The molecule has 3 N–H and O–H groups in total. The SMILES string of the molecule is Cc1cc(N2CC[NH+](C)CC2)ccc1NC(=O)CNC(=O)C12CC3CC(CC(C3)C1)C2. The molecule has 5 fully saturated rings. The standard InChI is InChI=1S/C25H36N4O2/c1-17-9-21(29-7-5-28(2)6-8-29)3-4-22(17)27-23(30)16-26-24(31)25-13-18-10-19(14-25)12-20(11-18)15-25/h3-4,9,18-20H,5-8,10-16H2,1-2H3,(H,26,31)(H,27,30)/p+1. The van der Waals surface area contributed by atoms with Gasteiger partial charge in [-0.15, -0.1) is 0 Å². The zero-order valence-electron chi connectivity index (χ0n) is 19.0. The van der Waals surface area contributed by atoms with E-state index in [0.717, 1.165) is 74.4 Å². The van der Waals surface area contributed by atoms with Crippen LogP contribution < -0.4 is 20.4 Å². The Morgan fingerprint density at radius 3 is 2.26 bits per heavy atom. The van der Waals surface area contributed by atoms with Crippen LogP contribution >= 0.6 is 0 Å². The molecule has 0 unspecified atom stereocenters. The van der Waals surface area contributed by atoms with Crippen LogP contribution in [0.5, 0.6) is 0 Å². The summed E-state index contributed by atoms with van der Waals surface area (Å²) in [6.45, 7) is 6.53. The van der Waals surface area contributed by atoms with Gasteiger partial charge in [0.05, 0.1) is 39.8 Å². The van der Waals surface area contributed by atoms with Crippen molar-refractivity contribution < 1.29 is 14.5 Å². The van der Waals surface area contributed by atoms with Crippen molar-refractivity contribution >= 4 is 23.2 Å². The third-order valence-corrected chi connectivity index (χ3v) is 8.40. The van der Waals surface area contributed by atoms with Crippen molar-refractivity contribution in [2.75, 3.05) is 50.0 Å². The van der Waals surface area contributed by atoms with Crippen molar-refractivity contribution in [2.24, 2.45) is 23.2 Å². The number of amides is 2. The largest absolute Gasteiger partial charge is 0.360 e. The Hall–Kier alpha value is -2.08. The van der Waals surface area contributed by atoms with E-state index in [1.165, 1.54) is 24.9 Å². The van der Waals surface area contributed by atoms with E-state index in [1.807, 2.05) is 13.0 Å². The van der Waals surface area contributed by atoms with Gasteiger partial charge in [0.2, 0.25) is 11.8 Å². The summed E-state index contributed by atoms with van der Waals surface area (Å²) >= 11 is 0. The third kappa shape index (κ3) is 4.19. The van der Waals surface area contributed by atoms with E-state index in [0.29, 0.717) is 0 Å². The van der Waals surface area contributed by atoms with E-state index >= 15 is 0 Å². The molecule has 0 atom stereocenters. The van der Waals surface area contributed by atoms with Crippen molar-refractivity contribution in [3.8, 4) is 0 Å². The number of piperazine rings is 1. The number of carbonyl (C=O) groups excluding carboxylic acids is 2. The summed E-state index contributed by atoms with van der Waals surface area (Å²) in [6, 6.07) is 6.25. The predicted molar refractivity (Wildman–Crippen MR) is 122 cm³/mol. The molecule has 2 amide bonds. The predicted octanol–water partition coefficient (Wildman–Crippen LogP) is 1.60. The third-order valence-electron chi connectivity index (χ3n) is 8.40. The minimum atomic E-state index is -0.198. The first kappa shape index (κ1) is 20.8. The molecular weight excluding hydrogens is 388 g/mol. The lowest BCUT2D eigenvalue weighted by Gasteiger charge is -2.55. The van der Waals surface area contributed by atoms with E-state index in [4.69, 9.17) is 0 Å². The fourth-order valence-corrected chi connectivity index (χ4v) is 7.06. The molecule has 5 aliphatic rings. The number of hydrogen-bond donors (Lipinski definition) is 3. The minimum Gasteiger partial charge on any atom is -0.360 e. The van der Waals surface area contributed by atoms with Gasteiger partial charge in [0.15, 0.2) is 0 Å². The normalized spacial score (nSPS) is 32.2. The lowest BCUT2D eigenvalue weighted by molar-refractivity contribution is -0.880. The van der Waals surface area contributed by atoms with Gasteiger partial charge in [-0.2, -0.15) is 0 Å². The molecule has 4 bridgehead atoms. The van der Waals surface area contributed by atoms with Gasteiger partial charge >= 0.3 is 0 Å². The molecule has 4 aliphatic carbocycles. The number of rotatable bonds is 5. The van der Waals surface area contributed by atoms with Crippen LogP contribution in [-0.2, 0) is 9.59 Å². The molecule has 1 heterocycles. The summed E-state index contributed by atoms with van der Waals surface area (Å²) in [5, 5.41) is 5.99. The van der Waals surface area contributed by atoms with Crippen LogP contribution in [0.15, 0.2) is 18.2 Å². The highest BCUT2D eigenvalue weighted by molar-refractivity contribution is 5.96. The van der Waals surface area contributed by atoms with Gasteiger partial charge in [-0.3, -0.25) is 9.59 Å². The zero-order chi connectivity index (χ0) is 21.6. The molecule has 0 radical (unpaired) electrons. The van der Waals surface area contributed by atoms with Crippen LogP contribution in [0.25, 0.3) is 0 Å². The molecule has 0 spiro atoms. The summed E-state index contributed by atoms with van der Waals surface area (Å²) in [7, 11) is 2.24. The first-order valence-corrected chi connectivity index (χ1v) is 12.2. The van der Waals surface area contributed by atoms with Gasteiger partial charge in [-0.25, -0.2) is 0 Å². The van der Waals surface area contributed by atoms with Crippen molar-refractivity contribution in [3.63, 3.8) is 0 Å². The summed E-state index contributed by atoms with van der Waals surface area (Å²) < 4.78 is 0. The minimum absolute atomic E-state index is 0.0585. The second-order valence-electron chi connectivity index (χ2n) is 10.9. The summed E-state index contributed by atoms with van der Waals surface area (Å²) in [5.41, 5.74) is 2.91. The number of nitrogens with one attached hydrogen (secondary N) is 3. The van der Waals surface area contributed by atoms with Crippen LogP contribution in [0.1, 0.15) is 44.1 Å². The number of benzene rings is 1. The molecular formula is C25H37N4O2+. The number of anilines is 2. The topological polar surface area (TPSA) is 65.9 Å². The smallest absolute Gasteiger partial charge is 0.243 e. The van der Waals surface area contributed by atoms with E-state index in [-0.39, 0.29) is 23.8 Å². The maximum Gasteiger partial charge on any atom is 0.243 e. The average Bonchev–Trinajstić information content (AvgIpc) is 2.73. The summed E-state index contributed by atoms with van der Waals surface area (Å²) in [5.74, 6) is 2.17.